The molecule has 1 aliphatic heterocycles. The van der Waals surface area contributed by atoms with Crippen molar-refractivity contribution in [3.05, 3.63) is 18.0 Å². The normalized spacial score (nSPS) is 19.3. The van der Waals surface area contributed by atoms with Crippen LogP contribution in [0.1, 0.15) is 25.5 Å². The molecule has 0 bridgehead atoms. The average molecular weight is 291 g/mol. The summed E-state index contributed by atoms with van der Waals surface area (Å²) in [5.74, 6) is 0.939. The Morgan fingerprint density at radius 3 is 2.50 bits per heavy atom. The zero-order chi connectivity index (χ0) is 13.3. The molecule has 0 amide bonds. The van der Waals surface area contributed by atoms with E-state index >= 15 is 0 Å². The van der Waals surface area contributed by atoms with Gasteiger partial charge in [-0.05, 0) is 24.8 Å². The van der Waals surface area contributed by atoms with Crippen LogP contribution >= 0.6 is 11.6 Å². The maximum atomic E-state index is 12.4. The molecule has 0 radical (unpaired) electrons. The highest BCUT2D eigenvalue weighted by Crippen LogP contribution is 2.24. The summed E-state index contributed by atoms with van der Waals surface area (Å²) in [5, 5.41) is 0. The Labute approximate surface area is 114 Å². The van der Waals surface area contributed by atoms with Gasteiger partial charge in [0.05, 0.1) is 5.88 Å². The first-order valence-electron chi connectivity index (χ1n) is 6.16. The minimum atomic E-state index is -3.34. The van der Waals surface area contributed by atoms with Crippen molar-refractivity contribution in [2.75, 3.05) is 13.1 Å². The molecule has 18 heavy (non-hydrogen) atoms. The average Bonchev–Trinajstić information content (AvgIpc) is 2.72. The zero-order valence-corrected chi connectivity index (χ0v) is 12.3. The van der Waals surface area contributed by atoms with Gasteiger partial charge in [0.1, 0.15) is 4.90 Å². The van der Waals surface area contributed by atoms with Crippen molar-refractivity contribution in [2.24, 2.45) is 13.0 Å². The lowest BCUT2D eigenvalue weighted by atomic mass is 10.0. The van der Waals surface area contributed by atoms with Gasteiger partial charge in [0.15, 0.2) is 0 Å². The van der Waals surface area contributed by atoms with E-state index in [0.29, 0.717) is 29.8 Å². The van der Waals surface area contributed by atoms with Gasteiger partial charge in [-0.15, -0.1) is 11.6 Å². The van der Waals surface area contributed by atoms with E-state index in [1.54, 1.807) is 21.1 Å². The van der Waals surface area contributed by atoms with E-state index in [1.807, 2.05) is 7.05 Å². The topological polar surface area (TPSA) is 42.3 Å². The number of aryl methyl sites for hydroxylation is 1. The van der Waals surface area contributed by atoms with Gasteiger partial charge in [-0.25, -0.2) is 8.42 Å². The van der Waals surface area contributed by atoms with Crippen molar-refractivity contribution < 1.29 is 8.42 Å². The lowest BCUT2D eigenvalue weighted by molar-refractivity contribution is 0.288. The molecule has 0 saturated carbocycles. The molecule has 2 heterocycles. The van der Waals surface area contributed by atoms with Crippen LogP contribution in [0.15, 0.2) is 17.2 Å². The standard InChI is InChI=1S/C12H19ClN2O2S/c1-10-3-5-15(6-4-10)18(16,17)12-7-11(8-13)14(2)9-12/h7,9-10H,3-6,8H2,1-2H3. The highest BCUT2D eigenvalue weighted by atomic mass is 35.5. The second-order valence-electron chi connectivity index (χ2n) is 5.00. The van der Waals surface area contributed by atoms with Gasteiger partial charge in [-0.1, -0.05) is 6.92 Å². The highest BCUT2D eigenvalue weighted by Gasteiger charge is 2.29. The molecule has 1 saturated heterocycles. The van der Waals surface area contributed by atoms with Gasteiger partial charge in [-0.3, -0.25) is 0 Å². The minimum Gasteiger partial charge on any atom is -0.352 e. The molecule has 1 aromatic rings. The number of sulfonamides is 1. The molecule has 0 aromatic carbocycles. The van der Waals surface area contributed by atoms with Gasteiger partial charge in [0, 0.05) is 32.0 Å². The van der Waals surface area contributed by atoms with Crippen molar-refractivity contribution >= 4 is 21.6 Å². The number of nitrogens with zero attached hydrogens (tertiary/aromatic N) is 2. The molecule has 0 aliphatic carbocycles. The molecular weight excluding hydrogens is 272 g/mol. The first-order valence-corrected chi connectivity index (χ1v) is 8.14. The Morgan fingerprint density at radius 1 is 1.39 bits per heavy atom. The van der Waals surface area contributed by atoms with E-state index in [1.165, 1.54) is 0 Å². The summed E-state index contributed by atoms with van der Waals surface area (Å²) in [5.41, 5.74) is 0.820. The van der Waals surface area contributed by atoms with Crippen molar-refractivity contribution in [1.82, 2.24) is 8.87 Å². The Hall–Kier alpha value is -0.520. The second kappa shape index (κ2) is 5.23. The third-order valence-electron chi connectivity index (χ3n) is 3.60. The molecule has 0 N–H and O–H groups in total. The second-order valence-corrected chi connectivity index (χ2v) is 7.20. The molecule has 0 unspecified atom stereocenters. The third kappa shape index (κ3) is 2.58. The summed E-state index contributed by atoms with van der Waals surface area (Å²) in [7, 11) is -1.53. The van der Waals surface area contributed by atoms with Crippen molar-refractivity contribution in [2.45, 2.75) is 30.5 Å². The molecular formula is C12H19ClN2O2S. The van der Waals surface area contributed by atoms with Gasteiger partial charge in [0.2, 0.25) is 10.0 Å². The Bertz CT molecular complexity index is 516. The largest absolute Gasteiger partial charge is 0.352 e. The van der Waals surface area contributed by atoms with Crippen LogP contribution in [0, 0.1) is 5.92 Å². The molecule has 6 heteroatoms. The molecule has 1 fully saturated rings. The third-order valence-corrected chi connectivity index (χ3v) is 5.74. The first-order chi connectivity index (χ1) is 8.45. The lowest BCUT2D eigenvalue weighted by Gasteiger charge is -2.29. The number of halogens is 1. The number of aromatic nitrogens is 1. The van der Waals surface area contributed by atoms with Crippen LogP contribution in [0.4, 0.5) is 0 Å². The number of hydrogen-bond donors (Lipinski definition) is 0. The lowest BCUT2D eigenvalue weighted by Crippen LogP contribution is -2.37. The quantitative estimate of drug-likeness (QED) is 0.801. The maximum absolute atomic E-state index is 12.4. The number of piperidine rings is 1. The molecule has 1 aromatic heterocycles. The SMILES string of the molecule is CC1CCN(S(=O)(=O)c2cc(CCl)n(C)c2)CC1. The monoisotopic (exact) mass is 290 g/mol. The molecule has 102 valence electrons. The van der Waals surface area contributed by atoms with Crippen LogP contribution in [-0.4, -0.2) is 30.4 Å². The number of hydrogen-bond acceptors (Lipinski definition) is 2. The predicted octanol–water partition coefficient (Wildman–Crippen LogP) is 2.18. The van der Waals surface area contributed by atoms with E-state index in [-0.39, 0.29) is 0 Å². The first kappa shape index (κ1) is 13.9. The predicted molar refractivity (Wildman–Crippen MR) is 72.1 cm³/mol. The van der Waals surface area contributed by atoms with Crippen LogP contribution in [0.5, 0.6) is 0 Å². The van der Waals surface area contributed by atoms with Gasteiger partial charge >= 0.3 is 0 Å². The van der Waals surface area contributed by atoms with Crippen LogP contribution in [0.2, 0.25) is 0 Å². The van der Waals surface area contributed by atoms with Crippen LogP contribution in [0.25, 0.3) is 0 Å². The Kier molecular flexibility index (Phi) is 4.04. The molecule has 4 nitrogen and oxygen atoms in total. The van der Waals surface area contributed by atoms with Crippen molar-refractivity contribution in [3.8, 4) is 0 Å². The fourth-order valence-corrected chi connectivity index (χ4v) is 4.06. The summed E-state index contributed by atoms with van der Waals surface area (Å²) >= 11 is 5.77. The Morgan fingerprint density at radius 2 is 2.00 bits per heavy atom. The summed E-state index contributed by atoms with van der Waals surface area (Å²) in [4.78, 5) is 0.357. The fourth-order valence-electron chi connectivity index (χ4n) is 2.23. The van der Waals surface area contributed by atoms with Crippen molar-refractivity contribution in [1.29, 1.82) is 0 Å². The number of alkyl halides is 1. The molecule has 2 rings (SSSR count). The fraction of sp³-hybridized carbons (Fsp3) is 0.667. The maximum Gasteiger partial charge on any atom is 0.244 e. The van der Waals surface area contributed by atoms with Crippen LogP contribution in [-0.2, 0) is 23.0 Å². The Balaban J connectivity index is 2.24. The molecule has 0 atom stereocenters. The summed E-state index contributed by atoms with van der Waals surface area (Å²) in [6.45, 7) is 3.40. The van der Waals surface area contributed by atoms with Crippen molar-refractivity contribution in [3.63, 3.8) is 0 Å². The summed E-state index contributed by atoms with van der Waals surface area (Å²) in [6.07, 6.45) is 3.52. The number of rotatable bonds is 3. The van der Waals surface area contributed by atoms with Gasteiger partial charge < -0.3 is 4.57 Å². The van der Waals surface area contributed by atoms with E-state index in [9.17, 15) is 8.42 Å². The van der Waals surface area contributed by atoms with Crippen LogP contribution in [0.3, 0.4) is 0 Å². The molecule has 1 aliphatic rings. The van der Waals surface area contributed by atoms with E-state index in [4.69, 9.17) is 11.6 Å². The highest BCUT2D eigenvalue weighted by molar-refractivity contribution is 7.89. The van der Waals surface area contributed by atoms with Crippen LogP contribution < -0.4 is 0 Å². The smallest absolute Gasteiger partial charge is 0.244 e. The van der Waals surface area contributed by atoms with Gasteiger partial charge in [-0.2, -0.15) is 4.31 Å². The zero-order valence-electron chi connectivity index (χ0n) is 10.8. The van der Waals surface area contributed by atoms with Gasteiger partial charge in [0.25, 0.3) is 0 Å². The molecule has 0 spiro atoms. The van der Waals surface area contributed by atoms with E-state index in [0.717, 1.165) is 18.5 Å². The van der Waals surface area contributed by atoms with E-state index in [2.05, 4.69) is 6.92 Å². The summed E-state index contributed by atoms with van der Waals surface area (Å²) in [6, 6.07) is 1.67. The van der Waals surface area contributed by atoms with E-state index < -0.39 is 10.0 Å². The minimum absolute atomic E-state index is 0.322. The summed E-state index contributed by atoms with van der Waals surface area (Å²) < 4.78 is 28.2.